The second kappa shape index (κ2) is 11.7. The van der Waals surface area contributed by atoms with Gasteiger partial charge in [0, 0.05) is 17.8 Å². The van der Waals surface area contributed by atoms with Crippen LogP contribution < -0.4 is 10.1 Å². The molecule has 41 heavy (non-hydrogen) atoms. The summed E-state index contributed by atoms with van der Waals surface area (Å²) < 4.78 is 33.5. The van der Waals surface area contributed by atoms with Crippen molar-refractivity contribution in [3.63, 3.8) is 0 Å². The summed E-state index contributed by atoms with van der Waals surface area (Å²) in [7, 11) is 0. The predicted molar refractivity (Wildman–Crippen MR) is 161 cm³/mol. The average molecular weight is 548 g/mol. The first-order valence-corrected chi connectivity index (χ1v) is 14.0. The maximum Gasteiger partial charge on any atom is 0.132 e. The second-order valence-corrected chi connectivity index (χ2v) is 11.1. The summed E-state index contributed by atoms with van der Waals surface area (Å²) in [6.45, 7) is 5.48. The summed E-state index contributed by atoms with van der Waals surface area (Å²) in [4.78, 5) is 0. The molecule has 2 unspecified atom stereocenters. The Hall–Kier alpha value is -4.19. The lowest BCUT2D eigenvalue weighted by Crippen LogP contribution is -2.50. The fourth-order valence-corrected chi connectivity index (χ4v) is 5.43. The third-order valence-electron chi connectivity index (χ3n) is 7.55. The van der Waals surface area contributed by atoms with Crippen molar-refractivity contribution in [2.24, 2.45) is 0 Å². The van der Waals surface area contributed by atoms with Crippen molar-refractivity contribution in [1.29, 1.82) is 0 Å². The summed E-state index contributed by atoms with van der Waals surface area (Å²) in [6.07, 6.45) is -0.742. The Bertz CT molecular complexity index is 1640. The van der Waals surface area contributed by atoms with Crippen LogP contribution in [0.15, 0.2) is 115 Å². The lowest BCUT2D eigenvalue weighted by atomic mass is 9.87. The number of hydrogen-bond donors (Lipinski definition) is 1. The standard InChI is InChI=1S/C36H34FNO3/c1-36(2)35(40-24-27-15-16-28-12-6-7-13-29(28)19-27)34(39-23-25-9-4-3-5-10-25)32-21-31(17-18-33(32)41-36)38-22-26-11-8-14-30(37)20-26/h3-21,34-35,38H,22-24H2,1-2H3. The van der Waals surface area contributed by atoms with Crippen molar-refractivity contribution >= 4 is 16.5 Å². The maximum atomic E-state index is 13.7. The van der Waals surface area contributed by atoms with E-state index in [9.17, 15) is 4.39 Å². The highest BCUT2D eigenvalue weighted by atomic mass is 19.1. The molecule has 1 N–H and O–H groups in total. The molecule has 5 aromatic rings. The van der Waals surface area contributed by atoms with E-state index in [-0.39, 0.29) is 18.0 Å². The van der Waals surface area contributed by atoms with E-state index in [0.717, 1.165) is 33.7 Å². The minimum atomic E-state index is -0.637. The molecule has 208 valence electrons. The summed E-state index contributed by atoms with van der Waals surface area (Å²) in [5.41, 5.74) is 4.24. The van der Waals surface area contributed by atoms with E-state index in [4.69, 9.17) is 14.2 Å². The van der Waals surface area contributed by atoms with Crippen LogP contribution in [0.25, 0.3) is 10.8 Å². The molecule has 5 aromatic carbocycles. The number of nitrogens with one attached hydrogen (secondary N) is 1. The van der Waals surface area contributed by atoms with Crippen molar-refractivity contribution in [2.75, 3.05) is 5.32 Å². The zero-order valence-corrected chi connectivity index (χ0v) is 23.3. The van der Waals surface area contributed by atoms with Crippen LogP contribution in [0.1, 0.15) is 42.2 Å². The Balaban J connectivity index is 1.28. The van der Waals surface area contributed by atoms with Crippen molar-refractivity contribution in [1.82, 2.24) is 0 Å². The van der Waals surface area contributed by atoms with Gasteiger partial charge in [-0.15, -0.1) is 0 Å². The van der Waals surface area contributed by atoms with E-state index in [1.807, 2.05) is 42.5 Å². The molecule has 0 aromatic heterocycles. The first-order chi connectivity index (χ1) is 19.9. The van der Waals surface area contributed by atoms with E-state index in [0.29, 0.717) is 19.8 Å². The lowest BCUT2D eigenvalue weighted by molar-refractivity contribution is -0.170. The molecular formula is C36H34FNO3. The third-order valence-corrected chi connectivity index (χ3v) is 7.55. The van der Waals surface area contributed by atoms with Gasteiger partial charge in [-0.05, 0) is 77.7 Å². The van der Waals surface area contributed by atoms with Crippen LogP contribution in [0.4, 0.5) is 10.1 Å². The molecule has 0 radical (unpaired) electrons. The number of halogens is 1. The minimum absolute atomic E-state index is 0.244. The highest BCUT2D eigenvalue weighted by Crippen LogP contribution is 2.45. The first-order valence-electron chi connectivity index (χ1n) is 14.0. The molecule has 0 spiro atoms. The number of hydrogen-bond acceptors (Lipinski definition) is 4. The van der Waals surface area contributed by atoms with E-state index in [1.165, 1.54) is 16.8 Å². The van der Waals surface area contributed by atoms with Crippen molar-refractivity contribution in [3.05, 3.63) is 143 Å². The normalized spacial score (nSPS) is 17.5. The molecule has 1 aliphatic rings. The van der Waals surface area contributed by atoms with Gasteiger partial charge in [0.2, 0.25) is 0 Å². The number of rotatable bonds is 9. The molecule has 0 bridgehead atoms. The smallest absolute Gasteiger partial charge is 0.132 e. The fraction of sp³-hybridized carbons (Fsp3) is 0.222. The van der Waals surface area contributed by atoms with Crippen LogP contribution in [-0.2, 0) is 29.2 Å². The summed E-state index contributed by atoms with van der Waals surface area (Å²) >= 11 is 0. The zero-order chi connectivity index (χ0) is 28.2. The monoisotopic (exact) mass is 547 g/mol. The van der Waals surface area contributed by atoms with Gasteiger partial charge in [-0.1, -0.05) is 78.9 Å². The number of anilines is 1. The first kappa shape index (κ1) is 27.0. The zero-order valence-electron chi connectivity index (χ0n) is 23.3. The Morgan fingerprint density at radius 3 is 2.29 bits per heavy atom. The van der Waals surface area contributed by atoms with Crippen LogP contribution in [0.3, 0.4) is 0 Å². The molecule has 4 nitrogen and oxygen atoms in total. The molecule has 0 aliphatic carbocycles. The number of benzene rings is 5. The van der Waals surface area contributed by atoms with Gasteiger partial charge in [-0.2, -0.15) is 0 Å². The minimum Gasteiger partial charge on any atom is -0.485 e. The molecule has 1 aliphatic heterocycles. The molecule has 5 heteroatoms. The van der Waals surface area contributed by atoms with Gasteiger partial charge in [0.25, 0.3) is 0 Å². The van der Waals surface area contributed by atoms with Gasteiger partial charge in [0.05, 0.1) is 13.2 Å². The van der Waals surface area contributed by atoms with Crippen LogP contribution in [0.5, 0.6) is 5.75 Å². The highest BCUT2D eigenvalue weighted by molar-refractivity contribution is 5.82. The average Bonchev–Trinajstić information content (AvgIpc) is 2.98. The van der Waals surface area contributed by atoms with Crippen molar-refractivity contribution < 1.29 is 18.6 Å². The van der Waals surface area contributed by atoms with Crippen molar-refractivity contribution in [2.45, 2.75) is 51.4 Å². The molecule has 0 fully saturated rings. The van der Waals surface area contributed by atoms with E-state index in [1.54, 1.807) is 12.1 Å². The van der Waals surface area contributed by atoms with Gasteiger partial charge in [0.1, 0.15) is 29.4 Å². The Labute approximate surface area is 240 Å². The molecule has 0 saturated heterocycles. The van der Waals surface area contributed by atoms with Crippen LogP contribution in [-0.4, -0.2) is 11.7 Å². The highest BCUT2D eigenvalue weighted by Gasteiger charge is 2.45. The van der Waals surface area contributed by atoms with Crippen LogP contribution >= 0.6 is 0 Å². The van der Waals surface area contributed by atoms with Gasteiger partial charge < -0.3 is 19.5 Å². The molecule has 0 saturated carbocycles. The molecule has 0 amide bonds. The second-order valence-electron chi connectivity index (χ2n) is 11.1. The summed E-state index contributed by atoms with van der Waals surface area (Å²) in [6, 6.07) is 37.6. The quantitative estimate of drug-likeness (QED) is 0.201. The van der Waals surface area contributed by atoms with Crippen LogP contribution in [0, 0.1) is 5.82 Å². The Morgan fingerprint density at radius 1 is 0.707 bits per heavy atom. The van der Waals surface area contributed by atoms with E-state index >= 15 is 0 Å². The predicted octanol–water partition coefficient (Wildman–Crippen LogP) is 8.61. The summed E-state index contributed by atoms with van der Waals surface area (Å²) in [5.74, 6) is 0.529. The number of ether oxygens (including phenoxy) is 3. The molecular weight excluding hydrogens is 513 g/mol. The topological polar surface area (TPSA) is 39.7 Å². The van der Waals surface area contributed by atoms with Gasteiger partial charge in [0.15, 0.2) is 0 Å². The maximum absolute atomic E-state index is 13.7. The van der Waals surface area contributed by atoms with Gasteiger partial charge in [-0.25, -0.2) is 4.39 Å². The molecule has 1 heterocycles. The van der Waals surface area contributed by atoms with Crippen LogP contribution in [0.2, 0.25) is 0 Å². The van der Waals surface area contributed by atoms with Gasteiger partial charge in [-0.3, -0.25) is 0 Å². The van der Waals surface area contributed by atoms with E-state index < -0.39 is 5.60 Å². The SMILES string of the molecule is CC1(C)Oc2ccc(NCc3cccc(F)c3)cc2C(OCc2ccccc2)C1OCc1ccc2ccccc2c1. The third kappa shape index (κ3) is 6.27. The number of fused-ring (bicyclic) bond motifs is 2. The molecule has 2 atom stereocenters. The Morgan fingerprint density at radius 2 is 1.46 bits per heavy atom. The van der Waals surface area contributed by atoms with E-state index in [2.05, 4.69) is 73.8 Å². The Kier molecular flexibility index (Phi) is 7.73. The summed E-state index contributed by atoms with van der Waals surface area (Å²) in [5, 5.41) is 5.81. The van der Waals surface area contributed by atoms with Gasteiger partial charge >= 0.3 is 0 Å². The molecule has 6 rings (SSSR count). The fourth-order valence-electron chi connectivity index (χ4n) is 5.43. The lowest BCUT2D eigenvalue weighted by Gasteiger charge is -2.44. The van der Waals surface area contributed by atoms with Crippen molar-refractivity contribution in [3.8, 4) is 5.75 Å². The largest absolute Gasteiger partial charge is 0.485 e.